The van der Waals surface area contributed by atoms with E-state index in [1.54, 1.807) is 0 Å². The zero-order valence-electron chi connectivity index (χ0n) is 7.75. The molecule has 1 aliphatic heterocycles. The molecule has 0 spiro atoms. The molecule has 0 aromatic rings. The van der Waals surface area contributed by atoms with Gasteiger partial charge in [-0.25, -0.2) is 0 Å². The van der Waals surface area contributed by atoms with Crippen molar-refractivity contribution in [3.8, 4) is 0 Å². The fourth-order valence-corrected chi connectivity index (χ4v) is 1.73. The van der Waals surface area contributed by atoms with E-state index in [0.29, 0.717) is 18.4 Å². The predicted octanol–water partition coefficient (Wildman–Crippen LogP) is 0.241. The predicted molar refractivity (Wildman–Crippen MR) is 48.0 cm³/mol. The highest BCUT2D eigenvalue weighted by Gasteiger charge is 2.24. The van der Waals surface area contributed by atoms with Gasteiger partial charge in [-0.2, -0.15) is 0 Å². The minimum Gasteiger partial charge on any atom is -0.396 e. The molecule has 0 saturated carbocycles. The summed E-state index contributed by atoms with van der Waals surface area (Å²) in [4.78, 5) is 0. The lowest BCUT2D eigenvalue weighted by atomic mass is 9.89. The van der Waals surface area contributed by atoms with E-state index >= 15 is 0 Å². The van der Waals surface area contributed by atoms with Gasteiger partial charge in [-0.3, -0.25) is 0 Å². The Kier molecular flexibility index (Phi) is 4.58. The first kappa shape index (κ1) is 9.96. The third kappa shape index (κ3) is 2.73. The number of ether oxygens (including phenoxy) is 1. The van der Waals surface area contributed by atoms with Crippen molar-refractivity contribution < 1.29 is 9.84 Å². The van der Waals surface area contributed by atoms with Gasteiger partial charge < -0.3 is 15.2 Å². The first-order valence-electron chi connectivity index (χ1n) is 4.71. The quantitative estimate of drug-likeness (QED) is 0.626. The van der Waals surface area contributed by atoms with Crippen molar-refractivity contribution in [2.24, 2.45) is 11.8 Å². The maximum atomic E-state index is 9.13. The van der Waals surface area contributed by atoms with Crippen LogP contribution in [0.1, 0.15) is 12.8 Å². The van der Waals surface area contributed by atoms with Crippen LogP contribution in [0.3, 0.4) is 0 Å². The Labute approximate surface area is 74.1 Å². The van der Waals surface area contributed by atoms with Crippen molar-refractivity contribution in [1.29, 1.82) is 0 Å². The molecular weight excluding hydrogens is 154 g/mol. The van der Waals surface area contributed by atoms with Crippen LogP contribution >= 0.6 is 0 Å². The lowest BCUT2D eigenvalue weighted by Gasteiger charge is -2.19. The first-order valence-corrected chi connectivity index (χ1v) is 4.71. The topological polar surface area (TPSA) is 41.5 Å². The van der Waals surface area contributed by atoms with E-state index in [1.807, 2.05) is 7.05 Å². The molecule has 72 valence electrons. The summed E-state index contributed by atoms with van der Waals surface area (Å²) < 4.78 is 5.29. The molecule has 3 nitrogen and oxygen atoms in total. The van der Waals surface area contributed by atoms with E-state index in [2.05, 4.69) is 5.32 Å². The van der Waals surface area contributed by atoms with Gasteiger partial charge in [0.15, 0.2) is 0 Å². The normalized spacial score (nSPS) is 26.0. The van der Waals surface area contributed by atoms with Crippen molar-refractivity contribution in [3.63, 3.8) is 0 Å². The van der Waals surface area contributed by atoms with Crippen LogP contribution in [0.4, 0.5) is 0 Å². The fourth-order valence-electron chi connectivity index (χ4n) is 1.73. The second kappa shape index (κ2) is 5.51. The van der Waals surface area contributed by atoms with Gasteiger partial charge in [0.2, 0.25) is 0 Å². The third-order valence-corrected chi connectivity index (χ3v) is 2.63. The number of nitrogens with one attached hydrogen (secondary N) is 1. The number of aliphatic hydroxyl groups excluding tert-OH is 1. The van der Waals surface area contributed by atoms with Gasteiger partial charge in [-0.05, 0) is 38.3 Å². The fraction of sp³-hybridized carbons (Fsp3) is 1.00. The summed E-state index contributed by atoms with van der Waals surface area (Å²) in [5, 5.41) is 12.2. The number of aliphatic hydroxyl groups is 1. The van der Waals surface area contributed by atoms with Crippen LogP contribution in [0.2, 0.25) is 0 Å². The molecule has 3 heteroatoms. The summed E-state index contributed by atoms with van der Waals surface area (Å²) in [6.45, 7) is 3.01. The summed E-state index contributed by atoms with van der Waals surface area (Å²) in [6.07, 6.45) is 2.18. The Morgan fingerprint density at radius 3 is 3.00 bits per heavy atom. The zero-order chi connectivity index (χ0) is 8.81. The Bertz CT molecular complexity index is 113. The van der Waals surface area contributed by atoms with Crippen LogP contribution in [0, 0.1) is 11.8 Å². The van der Waals surface area contributed by atoms with E-state index < -0.39 is 0 Å². The van der Waals surface area contributed by atoms with Gasteiger partial charge in [-0.15, -0.1) is 0 Å². The largest absolute Gasteiger partial charge is 0.396 e. The van der Waals surface area contributed by atoms with Crippen molar-refractivity contribution in [2.45, 2.75) is 12.8 Å². The smallest absolute Gasteiger partial charge is 0.0498 e. The lowest BCUT2D eigenvalue weighted by molar-refractivity contribution is 0.135. The van der Waals surface area contributed by atoms with Gasteiger partial charge in [0, 0.05) is 19.8 Å². The van der Waals surface area contributed by atoms with Crippen molar-refractivity contribution in [2.75, 3.05) is 33.4 Å². The molecule has 12 heavy (non-hydrogen) atoms. The molecular formula is C9H19NO2. The lowest BCUT2D eigenvalue weighted by Crippen LogP contribution is -2.23. The molecule has 0 aromatic carbocycles. The molecule has 0 radical (unpaired) electrons. The molecule has 1 rings (SSSR count). The van der Waals surface area contributed by atoms with E-state index in [4.69, 9.17) is 9.84 Å². The molecule has 0 bridgehead atoms. The summed E-state index contributed by atoms with van der Waals surface area (Å²) >= 11 is 0. The second-order valence-electron chi connectivity index (χ2n) is 3.46. The maximum Gasteiger partial charge on any atom is 0.0498 e. The van der Waals surface area contributed by atoms with E-state index in [1.165, 1.54) is 0 Å². The molecule has 1 saturated heterocycles. The van der Waals surface area contributed by atoms with Crippen LogP contribution in [-0.2, 0) is 4.74 Å². The maximum absolute atomic E-state index is 9.13. The van der Waals surface area contributed by atoms with Crippen molar-refractivity contribution in [3.05, 3.63) is 0 Å². The molecule has 0 aliphatic carbocycles. The number of rotatable bonds is 5. The summed E-state index contributed by atoms with van der Waals surface area (Å²) in [5.74, 6) is 1.02. The monoisotopic (exact) mass is 173 g/mol. The Morgan fingerprint density at radius 2 is 2.50 bits per heavy atom. The number of hydrogen-bond donors (Lipinski definition) is 2. The van der Waals surface area contributed by atoms with Crippen molar-refractivity contribution in [1.82, 2.24) is 5.32 Å². The molecule has 2 N–H and O–H groups in total. The zero-order valence-corrected chi connectivity index (χ0v) is 7.75. The summed E-state index contributed by atoms with van der Waals surface area (Å²) in [5.41, 5.74) is 0. The average Bonchev–Trinajstić information content (AvgIpc) is 2.59. The van der Waals surface area contributed by atoms with E-state index in [0.717, 1.165) is 32.6 Å². The summed E-state index contributed by atoms with van der Waals surface area (Å²) in [6, 6.07) is 0. The van der Waals surface area contributed by atoms with Gasteiger partial charge in [0.05, 0.1) is 0 Å². The van der Waals surface area contributed by atoms with Crippen LogP contribution in [0.25, 0.3) is 0 Å². The molecule has 2 atom stereocenters. The van der Waals surface area contributed by atoms with E-state index in [-0.39, 0.29) is 0 Å². The standard InChI is InChI=1S/C9H19NO2/c1-10-4-2-8(6-11)9-3-5-12-7-9/h8-11H,2-7H2,1H3. The SMILES string of the molecule is CNCCC(CO)C1CCOC1. The Hall–Kier alpha value is -0.120. The van der Waals surface area contributed by atoms with Gasteiger partial charge in [-0.1, -0.05) is 0 Å². The molecule has 0 amide bonds. The Balaban J connectivity index is 2.22. The van der Waals surface area contributed by atoms with Gasteiger partial charge in [0.1, 0.15) is 0 Å². The second-order valence-corrected chi connectivity index (χ2v) is 3.46. The highest BCUT2D eigenvalue weighted by atomic mass is 16.5. The molecule has 1 heterocycles. The van der Waals surface area contributed by atoms with Crippen LogP contribution in [0.15, 0.2) is 0 Å². The molecule has 2 unspecified atom stereocenters. The molecule has 1 aliphatic rings. The van der Waals surface area contributed by atoms with Crippen molar-refractivity contribution >= 4 is 0 Å². The third-order valence-electron chi connectivity index (χ3n) is 2.63. The number of hydrogen-bond acceptors (Lipinski definition) is 3. The Morgan fingerprint density at radius 1 is 1.67 bits per heavy atom. The van der Waals surface area contributed by atoms with Crippen LogP contribution in [-0.4, -0.2) is 38.5 Å². The molecule has 0 aromatic heterocycles. The van der Waals surface area contributed by atoms with Crippen LogP contribution in [0.5, 0.6) is 0 Å². The summed E-state index contributed by atoms with van der Waals surface area (Å²) in [7, 11) is 1.94. The van der Waals surface area contributed by atoms with E-state index in [9.17, 15) is 0 Å². The molecule has 1 fully saturated rings. The van der Waals surface area contributed by atoms with Gasteiger partial charge >= 0.3 is 0 Å². The first-order chi connectivity index (χ1) is 5.88. The highest BCUT2D eigenvalue weighted by molar-refractivity contribution is 4.73. The highest BCUT2D eigenvalue weighted by Crippen LogP contribution is 2.23. The van der Waals surface area contributed by atoms with Gasteiger partial charge in [0.25, 0.3) is 0 Å². The minimum absolute atomic E-state index is 0.301. The van der Waals surface area contributed by atoms with Crippen LogP contribution < -0.4 is 5.32 Å². The average molecular weight is 173 g/mol. The minimum atomic E-state index is 0.301.